The zero-order chi connectivity index (χ0) is 33.3. The van der Waals surface area contributed by atoms with Crippen molar-refractivity contribution in [3.05, 3.63) is 48.5 Å². The van der Waals surface area contributed by atoms with E-state index in [9.17, 15) is 9.59 Å². The number of nitrogens with zero attached hydrogens (tertiary/aromatic N) is 4. The van der Waals surface area contributed by atoms with Crippen LogP contribution in [0.5, 0.6) is 0 Å². The molecule has 0 atom stereocenters. The Balaban J connectivity index is 1.56. The molecule has 0 saturated heterocycles. The quantitative estimate of drug-likeness (QED) is 0.160. The van der Waals surface area contributed by atoms with Gasteiger partial charge in [0.2, 0.25) is 0 Å². The highest BCUT2D eigenvalue weighted by Gasteiger charge is 2.27. The molecule has 4 amide bonds. The summed E-state index contributed by atoms with van der Waals surface area (Å²) in [5, 5.41) is 6.32. The Morgan fingerprint density at radius 2 is 0.913 bits per heavy atom. The van der Waals surface area contributed by atoms with Crippen molar-refractivity contribution in [3.8, 4) is 0 Å². The van der Waals surface area contributed by atoms with Crippen LogP contribution in [0, 0.1) is 11.8 Å². The monoisotopic (exact) mass is 634 g/mol. The summed E-state index contributed by atoms with van der Waals surface area (Å²) < 4.78 is 0. The first kappa shape index (κ1) is 37.0. The molecule has 0 radical (unpaired) electrons. The van der Waals surface area contributed by atoms with E-state index in [1.165, 1.54) is 25.7 Å². The van der Waals surface area contributed by atoms with E-state index in [0.29, 0.717) is 11.8 Å². The van der Waals surface area contributed by atoms with Crippen LogP contribution in [0.2, 0.25) is 0 Å². The lowest BCUT2D eigenvalue weighted by atomic mass is 9.81. The number of anilines is 4. The number of rotatable bonds is 18. The third-order valence-corrected chi connectivity index (χ3v) is 9.33. The molecule has 0 aromatic heterocycles. The van der Waals surface area contributed by atoms with E-state index in [4.69, 9.17) is 0 Å². The van der Waals surface area contributed by atoms with E-state index in [2.05, 4.69) is 44.1 Å². The first-order valence-electron chi connectivity index (χ1n) is 17.9. The lowest BCUT2D eigenvalue weighted by Crippen LogP contribution is -2.42. The molecular weight excluding hydrogens is 572 g/mol. The van der Waals surface area contributed by atoms with Crippen molar-refractivity contribution < 1.29 is 9.59 Å². The van der Waals surface area contributed by atoms with Crippen molar-refractivity contribution in [1.29, 1.82) is 0 Å². The van der Waals surface area contributed by atoms with Gasteiger partial charge in [0.05, 0.1) is 0 Å². The Morgan fingerprint density at radius 3 is 1.22 bits per heavy atom. The number of urea groups is 2. The molecule has 0 unspecified atom stereocenters. The SMILES string of the molecule is CCCCCCN(C[C@H]1CC[C@H](CN(CCCCCC)C(=O)Nc2ccc(N(C)C)cc2)CC1)C(=O)Nc1ccc(N(C)C)cc1. The molecule has 1 aliphatic rings. The van der Waals surface area contributed by atoms with Gasteiger partial charge in [0.15, 0.2) is 0 Å². The number of carbonyl (C=O) groups excluding carboxylic acids is 2. The molecule has 3 rings (SSSR count). The van der Waals surface area contributed by atoms with Crippen molar-refractivity contribution in [2.45, 2.75) is 90.9 Å². The topological polar surface area (TPSA) is 71.2 Å². The van der Waals surface area contributed by atoms with Crippen LogP contribution in [0.4, 0.5) is 32.3 Å². The Morgan fingerprint density at radius 1 is 0.565 bits per heavy atom. The van der Waals surface area contributed by atoms with Gasteiger partial charge in [0, 0.05) is 77.1 Å². The fraction of sp³-hybridized carbons (Fsp3) is 0.632. The number of nitrogens with one attached hydrogen (secondary N) is 2. The maximum Gasteiger partial charge on any atom is 0.321 e. The lowest BCUT2D eigenvalue weighted by molar-refractivity contribution is 0.159. The van der Waals surface area contributed by atoms with E-state index in [-0.39, 0.29) is 12.1 Å². The predicted molar refractivity (Wildman–Crippen MR) is 196 cm³/mol. The van der Waals surface area contributed by atoms with E-state index in [1.54, 1.807) is 0 Å². The highest BCUT2D eigenvalue weighted by molar-refractivity contribution is 5.90. The standard InChI is InChI=1S/C38H62N6O2/c1-7-9-11-13-27-43(37(45)39-33-19-23-35(24-20-33)41(3)4)29-31-15-17-32(18-16-31)30-44(28-14-12-10-8-2)38(46)40-34-21-25-36(26-22-34)42(5)6/h19-26,31-32H,7-18,27-30H2,1-6H3,(H,39,45)(H,40,46)/t31-,32-. The van der Waals surface area contributed by atoms with Crippen LogP contribution in [0.15, 0.2) is 48.5 Å². The number of amides is 4. The highest BCUT2D eigenvalue weighted by atomic mass is 16.2. The zero-order valence-electron chi connectivity index (χ0n) is 29.7. The molecule has 0 heterocycles. The van der Waals surface area contributed by atoms with Crippen LogP contribution < -0.4 is 20.4 Å². The van der Waals surface area contributed by atoms with E-state index >= 15 is 0 Å². The summed E-state index contributed by atoms with van der Waals surface area (Å²) in [6, 6.07) is 16.1. The summed E-state index contributed by atoms with van der Waals surface area (Å²) in [6.45, 7) is 7.62. The van der Waals surface area contributed by atoms with Gasteiger partial charge < -0.3 is 30.2 Å². The van der Waals surface area contributed by atoms with Gasteiger partial charge in [-0.05, 0) is 98.9 Å². The predicted octanol–water partition coefficient (Wildman–Crippen LogP) is 9.15. The third kappa shape index (κ3) is 12.8. The third-order valence-electron chi connectivity index (χ3n) is 9.33. The first-order chi connectivity index (χ1) is 22.2. The molecule has 2 N–H and O–H groups in total. The van der Waals surface area contributed by atoms with Gasteiger partial charge in [-0.15, -0.1) is 0 Å². The molecule has 8 heteroatoms. The van der Waals surface area contributed by atoms with Crippen molar-refractivity contribution in [1.82, 2.24) is 9.80 Å². The van der Waals surface area contributed by atoms with E-state index in [0.717, 1.165) is 100 Å². The van der Waals surface area contributed by atoms with Crippen molar-refractivity contribution in [2.75, 3.05) is 74.8 Å². The second-order valence-electron chi connectivity index (χ2n) is 13.6. The maximum atomic E-state index is 13.5. The second-order valence-corrected chi connectivity index (χ2v) is 13.6. The average molecular weight is 635 g/mol. The summed E-state index contributed by atoms with van der Waals surface area (Å²) in [6.07, 6.45) is 13.5. The van der Waals surface area contributed by atoms with Crippen LogP contribution in [0.1, 0.15) is 90.9 Å². The van der Waals surface area contributed by atoms with Gasteiger partial charge in [-0.25, -0.2) is 9.59 Å². The van der Waals surface area contributed by atoms with Gasteiger partial charge in [0.1, 0.15) is 0 Å². The second kappa shape index (κ2) is 20.0. The van der Waals surface area contributed by atoms with E-state index < -0.39 is 0 Å². The zero-order valence-corrected chi connectivity index (χ0v) is 29.7. The number of unbranched alkanes of at least 4 members (excludes halogenated alkanes) is 6. The van der Waals surface area contributed by atoms with E-state index in [1.807, 2.05) is 76.7 Å². The molecule has 1 aliphatic carbocycles. The molecule has 1 saturated carbocycles. The fourth-order valence-electron chi connectivity index (χ4n) is 6.32. The normalized spacial score (nSPS) is 16.0. The van der Waals surface area contributed by atoms with Crippen molar-refractivity contribution in [2.24, 2.45) is 11.8 Å². The summed E-state index contributed by atoms with van der Waals surface area (Å²) >= 11 is 0. The number of hydrogen-bond donors (Lipinski definition) is 2. The highest BCUT2D eigenvalue weighted by Crippen LogP contribution is 2.31. The Bertz CT molecular complexity index is 1050. The van der Waals surface area contributed by atoms with Gasteiger partial charge in [0.25, 0.3) is 0 Å². The number of benzene rings is 2. The average Bonchev–Trinajstić information content (AvgIpc) is 3.05. The van der Waals surface area contributed by atoms with Gasteiger partial charge in [-0.2, -0.15) is 0 Å². The maximum absolute atomic E-state index is 13.5. The Kier molecular flexibility index (Phi) is 16.1. The summed E-state index contributed by atoms with van der Waals surface area (Å²) in [5.41, 5.74) is 3.90. The summed E-state index contributed by atoms with van der Waals surface area (Å²) in [4.78, 5) is 35.1. The minimum Gasteiger partial charge on any atom is -0.378 e. The molecule has 2 aromatic rings. The molecule has 0 aliphatic heterocycles. The Labute approximate surface area is 279 Å². The van der Waals surface area contributed by atoms with Crippen LogP contribution in [-0.2, 0) is 0 Å². The van der Waals surface area contributed by atoms with Crippen LogP contribution in [0.25, 0.3) is 0 Å². The largest absolute Gasteiger partial charge is 0.378 e. The minimum atomic E-state index is 0.00441. The molecular formula is C38H62N6O2. The van der Waals surface area contributed by atoms with Crippen LogP contribution in [0.3, 0.4) is 0 Å². The lowest BCUT2D eigenvalue weighted by Gasteiger charge is -2.35. The van der Waals surface area contributed by atoms with Crippen molar-refractivity contribution in [3.63, 3.8) is 0 Å². The van der Waals surface area contributed by atoms with Gasteiger partial charge in [-0.3, -0.25) is 0 Å². The molecule has 0 spiro atoms. The fourth-order valence-corrected chi connectivity index (χ4v) is 6.32. The minimum absolute atomic E-state index is 0.00441. The number of carbonyl (C=O) groups is 2. The smallest absolute Gasteiger partial charge is 0.321 e. The first-order valence-corrected chi connectivity index (χ1v) is 17.9. The summed E-state index contributed by atoms with van der Waals surface area (Å²) in [5.74, 6) is 0.984. The van der Waals surface area contributed by atoms with Crippen molar-refractivity contribution >= 4 is 34.8 Å². The molecule has 2 aromatic carbocycles. The molecule has 8 nitrogen and oxygen atoms in total. The number of hydrogen-bond acceptors (Lipinski definition) is 4. The molecule has 256 valence electrons. The van der Waals surface area contributed by atoms with Crippen LogP contribution in [-0.4, -0.2) is 76.2 Å². The summed E-state index contributed by atoms with van der Waals surface area (Å²) in [7, 11) is 8.08. The Hall–Kier alpha value is -3.42. The molecule has 1 fully saturated rings. The van der Waals surface area contributed by atoms with Gasteiger partial charge >= 0.3 is 12.1 Å². The molecule has 46 heavy (non-hydrogen) atoms. The van der Waals surface area contributed by atoms with Gasteiger partial charge in [-0.1, -0.05) is 52.4 Å². The molecule has 0 bridgehead atoms. The van der Waals surface area contributed by atoms with Crippen LogP contribution >= 0.6 is 0 Å².